The molecule has 6 heteroatoms. The first-order valence-electron chi connectivity index (χ1n) is 9.21. The van der Waals surface area contributed by atoms with E-state index in [9.17, 15) is 8.42 Å². The maximum atomic E-state index is 12.6. The second kappa shape index (κ2) is 8.54. The third kappa shape index (κ3) is 3.93. The van der Waals surface area contributed by atoms with Gasteiger partial charge >= 0.3 is 0 Å². The SMILES string of the molecule is CCN(CC)S(=O)(=O)c1ccc(N=Cc2c(OC)ccc3ccccc23)cc1. The summed E-state index contributed by atoms with van der Waals surface area (Å²) in [4.78, 5) is 4.81. The van der Waals surface area contributed by atoms with Crippen LogP contribution in [-0.2, 0) is 10.0 Å². The summed E-state index contributed by atoms with van der Waals surface area (Å²) in [5.41, 5.74) is 1.56. The van der Waals surface area contributed by atoms with Crippen LogP contribution >= 0.6 is 0 Å². The Morgan fingerprint density at radius 1 is 0.964 bits per heavy atom. The van der Waals surface area contributed by atoms with Crippen LogP contribution in [0.25, 0.3) is 10.8 Å². The zero-order valence-electron chi connectivity index (χ0n) is 16.3. The molecule has 0 spiro atoms. The first-order valence-corrected chi connectivity index (χ1v) is 10.6. The molecule has 0 unspecified atom stereocenters. The molecule has 0 aliphatic carbocycles. The van der Waals surface area contributed by atoms with Gasteiger partial charge in [0.25, 0.3) is 0 Å². The van der Waals surface area contributed by atoms with Gasteiger partial charge in [-0.15, -0.1) is 0 Å². The Bertz CT molecular complexity index is 1090. The van der Waals surface area contributed by atoms with E-state index in [2.05, 4.69) is 4.99 Å². The van der Waals surface area contributed by atoms with Gasteiger partial charge in [0.2, 0.25) is 10.0 Å². The summed E-state index contributed by atoms with van der Waals surface area (Å²) in [6.07, 6.45) is 1.76. The lowest BCUT2D eigenvalue weighted by Gasteiger charge is -2.18. The average Bonchev–Trinajstić information content (AvgIpc) is 2.72. The van der Waals surface area contributed by atoms with Crippen LogP contribution in [0.15, 0.2) is 70.6 Å². The first-order chi connectivity index (χ1) is 13.5. The van der Waals surface area contributed by atoms with Crippen molar-refractivity contribution in [3.8, 4) is 5.75 Å². The lowest BCUT2D eigenvalue weighted by atomic mass is 10.0. The molecule has 3 aromatic rings. The van der Waals surface area contributed by atoms with Crippen molar-refractivity contribution in [1.29, 1.82) is 0 Å². The minimum absolute atomic E-state index is 0.276. The molecule has 0 aliphatic rings. The summed E-state index contributed by atoms with van der Waals surface area (Å²) in [6.45, 7) is 4.55. The summed E-state index contributed by atoms with van der Waals surface area (Å²) in [7, 11) is -1.83. The van der Waals surface area contributed by atoms with Gasteiger partial charge in [-0.05, 0) is 41.1 Å². The van der Waals surface area contributed by atoms with Gasteiger partial charge in [-0.2, -0.15) is 4.31 Å². The van der Waals surface area contributed by atoms with Crippen molar-refractivity contribution in [2.24, 2.45) is 4.99 Å². The quantitative estimate of drug-likeness (QED) is 0.547. The highest BCUT2D eigenvalue weighted by atomic mass is 32.2. The van der Waals surface area contributed by atoms with E-state index in [0.717, 1.165) is 22.1 Å². The van der Waals surface area contributed by atoms with Crippen molar-refractivity contribution in [1.82, 2.24) is 4.31 Å². The van der Waals surface area contributed by atoms with Crippen molar-refractivity contribution in [2.75, 3.05) is 20.2 Å². The number of nitrogens with zero attached hydrogens (tertiary/aromatic N) is 2. The smallest absolute Gasteiger partial charge is 0.243 e. The Labute approximate surface area is 166 Å². The number of ether oxygens (including phenoxy) is 1. The Morgan fingerprint density at radius 2 is 1.64 bits per heavy atom. The van der Waals surface area contributed by atoms with E-state index in [1.807, 2.05) is 50.2 Å². The Kier molecular flexibility index (Phi) is 6.11. The fraction of sp³-hybridized carbons (Fsp3) is 0.227. The molecule has 0 atom stereocenters. The molecule has 0 saturated heterocycles. The molecule has 3 aromatic carbocycles. The number of benzene rings is 3. The number of fused-ring (bicyclic) bond motifs is 1. The van der Waals surface area contributed by atoms with Crippen LogP contribution in [0.5, 0.6) is 5.75 Å². The van der Waals surface area contributed by atoms with E-state index in [-0.39, 0.29) is 4.90 Å². The standard InChI is InChI=1S/C22H24N2O3S/c1-4-24(5-2)28(25,26)19-13-11-18(12-14-19)23-16-21-20-9-7-6-8-17(20)10-15-22(21)27-3/h6-16H,4-5H2,1-3H3. The van der Waals surface area contributed by atoms with Crippen LogP contribution in [0, 0.1) is 0 Å². The van der Waals surface area contributed by atoms with Crippen LogP contribution in [0.2, 0.25) is 0 Å². The van der Waals surface area contributed by atoms with E-state index in [0.29, 0.717) is 18.8 Å². The monoisotopic (exact) mass is 396 g/mol. The summed E-state index contributed by atoms with van der Waals surface area (Å²) in [6, 6.07) is 18.6. The molecule has 0 fully saturated rings. The molecule has 0 aliphatic heterocycles. The minimum atomic E-state index is -3.46. The highest BCUT2D eigenvalue weighted by Gasteiger charge is 2.21. The van der Waals surface area contributed by atoms with Crippen molar-refractivity contribution < 1.29 is 13.2 Å². The number of aliphatic imine (C=N–C) groups is 1. The highest BCUT2D eigenvalue weighted by Crippen LogP contribution is 2.27. The number of hydrogen-bond donors (Lipinski definition) is 0. The van der Waals surface area contributed by atoms with Gasteiger partial charge in [-0.25, -0.2) is 8.42 Å². The molecule has 28 heavy (non-hydrogen) atoms. The molecule has 0 N–H and O–H groups in total. The highest BCUT2D eigenvalue weighted by molar-refractivity contribution is 7.89. The maximum absolute atomic E-state index is 12.6. The second-order valence-corrected chi connectivity index (χ2v) is 8.18. The summed E-state index contributed by atoms with van der Waals surface area (Å²) in [5, 5.41) is 2.15. The van der Waals surface area contributed by atoms with E-state index < -0.39 is 10.0 Å². The molecule has 0 saturated carbocycles. The number of methoxy groups -OCH3 is 1. The Hall–Kier alpha value is -2.70. The van der Waals surface area contributed by atoms with Crippen LogP contribution in [0.1, 0.15) is 19.4 Å². The number of hydrogen-bond acceptors (Lipinski definition) is 4. The molecule has 3 rings (SSSR count). The van der Waals surface area contributed by atoms with E-state index in [4.69, 9.17) is 4.74 Å². The van der Waals surface area contributed by atoms with Gasteiger partial charge in [-0.1, -0.05) is 44.2 Å². The van der Waals surface area contributed by atoms with Crippen molar-refractivity contribution in [2.45, 2.75) is 18.7 Å². The summed E-state index contributed by atoms with van der Waals surface area (Å²) in [5.74, 6) is 0.739. The Morgan fingerprint density at radius 3 is 2.29 bits per heavy atom. The zero-order chi connectivity index (χ0) is 20.1. The fourth-order valence-corrected chi connectivity index (χ4v) is 4.60. The zero-order valence-corrected chi connectivity index (χ0v) is 17.1. The van der Waals surface area contributed by atoms with E-state index in [1.165, 1.54) is 4.31 Å². The molecule has 0 radical (unpaired) electrons. The molecule has 0 heterocycles. The second-order valence-electron chi connectivity index (χ2n) is 6.24. The third-order valence-electron chi connectivity index (χ3n) is 4.67. The number of rotatable bonds is 7. The molecule has 0 aromatic heterocycles. The lowest BCUT2D eigenvalue weighted by Crippen LogP contribution is -2.30. The van der Waals surface area contributed by atoms with Crippen LogP contribution in [0.4, 0.5) is 5.69 Å². The van der Waals surface area contributed by atoms with Crippen LogP contribution in [-0.4, -0.2) is 39.1 Å². The van der Waals surface area contributed by atoms with E-state index in [1.54, 1.807) is 37.6 Å². The van der Waals surface area contributed by atoms with Crippen LogP contribution in [0.3, 0.4) is 0 Å². The molecule has 0 bridgehead atoms. The van der Waals surface area contributed by atoms with Crippen molar-refractivity contribution in [3.05, 3.63) is 66.2 Å². The van der Waals surface area contributed by atoms with Gasteiger partial charge in [0.1, 0.15) is 5.75 Å². The molecular formula is C22H24N2O3S. The van der Waals surface area contributed by atoms with Gasteiger partial charge in [0.05, 0.1) is 17.7 Å². The molecular weight excluding hydrogens is 372 g/mol. The first kappa shape index (κ1) is 20.0. The predicted molar refractivity (Wildman–Crippen MR) is 114 cm³/mol. The predicted octanol–water partition coefficient (Wildman–Crippen LogP) is 4.63. The normalized spacial score (nSPS) is 12.1. The van der Waals surface area contributed by atoms with Crippen molar-refractivity contribution in [3.63, 3.8) is 0 Å². The fourth-order valence-electron chi connectivity index (χ4n) is 3.14. The van der Waals surface area contributed by atoms with Gasteiger partial charge in [-0.3, -0.25) is 4.99 Å². The Balaban J connectivity index is 1.93. The maximum Gasteiger partial charge on any atom is 0.243 e. The average molecular weight is 397 g/mol. The minimum Gasteiger partial charge on any atom is -0.496 e. The number of sulfonamides is 1. The van der Waals surface area contributed by atoms with Gasteiger partial charge in [0, 0.05) is 24.9 Å². The summed E-state index contributed by atoms with van der Waals surface area (Å²) >= 11 is 0. The van der Waals surface area contributed by atoms with Gasteiger partial charge < -0.3 is 4.74 Å². The summed E-state index contributed by atoms with van der Waals surface area (Å²) < 4.78 is 32.1. The van der Waals surface area contributed by atoms with E-state index >= 15 is 0 Å². The van der Waals surface area contributed by atoms with Gasteiger partial charge in [0.15, 0.2) is 0 Å². The molecule has 146 valence electrons. The molecule has 0 amide bonds. The topological polar surface area (TPSA) is 59.0 Å². The molecule has 5 nitrogen and oxygen atoms in total. The van der Waals surface area contributed by atoms with Crippen LogP contribution < -0.4 is 4.74 Å². The van der Waals surface area contributed by atoms with Crippen molar-refractivity contribution >= 4 is 32.7 Å². The third-order valence-corrected chi connectivity index (χ3v) is 6.74. The largest absolute Gasteiger partial charge is 0.496 e. The lowest BCUT2D eigenvalue weighted by molar-refractivity contribution is 0.415.